The van der Waals surface area contributed by atoms with Gasteiger partial charge >= 0.3 is 5.69 Å². The maximum atomic E-state index is 11.7. The lowest BCUT2D eigenvalue weighted by Crippen LogP contribution is -2.38. The summed E-state index contributed by atoms with van der Waals surface area (Å²) in [7, 11) is 2.95. The van der Waals surface area contributed by atoms with Crippen LogP contribution in [0.2, 0.25) is 0 Å². The zero-order chi connectivity index (χ0) is 15.4. The van der Waals surface area contributed by atoms with Gasteiger partial charge in [-0.25, -0.2) is 4.79 Å². The van der Waals surface area contributed by atoms with Gasteiger partial charge in [-0.1, -0.05) is 21.6 Å². The van der Waals surface area contributed by atoms with E-state index in [0.717, 1.165) is 10.6 Å². The van der Waals surface area contributed by atoms with E-state index in [1.165, 1.54) is 27.8 Å². The second kappa shape index (κ2) is 7.47. The third-order valence-electron chi connectivity index (χ3n) is 3.04. The van der Waals surface area contributed by atoms with Crippen LogP contribution in [0.15, 0.2) is 21.9 Å². The van der Waals surface area contributed by atoms with Gasteiger partial charge in [0, 0.05) is 12.3 Å². The molecule has 0 aromatic carbocycles. The summed E-state index contributed by atoms with van der Waals surface area (Å²) in [6.07, 6.45) is -0.515. The molecule has 0 amide bonds. The fourth-order valence-corrected chi connectivity index (χ4v) is 2.85. The maximum absolute atomic E-state index is 11.7. The molecule has 1 saturated heterocycles. The van der Waals surface area contributed by atoms with Crippen molar-refractivity contribution < 1.29 is 19.7 Å². The van der Waals surface area contributed by atoms with Crippen LogP contribution in [-0.4, -0.2) is 56.9 Å². The number of nitrogens with zero attached hydrogens (tertiary/aromatic N) is 1. The Labute approximate surface area is 127 Å². The molecule has 0 spiro atoms. The molecule has 0 radical (unpaired) electrons. The van der Waals surface area contributed by atoms with Gasteiger partial charge in [0.1, 0.15) is 24.3 Å². The average Bonchev–Trinajstić information content (AvgIpc) is 2.76. The van der Waals surface area contributed by atoms with Crippen molar-refractivity contribution in [3.05, 3.63) is 33.1 Å². The first-order valence-corrected chi connectivity index (χ1v) is 8.84. The Kier molecular flexibility index (Phi) is 5.90. The summed E-state index contributed by atoms with van der Waals surface area (Å²) in [6.45, 7) is -0.347. The Hall–Kier alpha value is -0.780. The number of ether oxygens (including phenoxy) is 2. The predicted octanol–water partition coefficient (Wildman–Crippen LogP) is -0.859. The number of H-pyrrole nitrogens is 1. The Morgan fingerprint density at radius 3 is 2.90 bits per heavy atom. The third-order valence-corrected chi connectivity index (χ3v) is 4.50. The van der Waals surface area contributed by atoms with E-state index in [1.54, 1.807) is 0 Å². The molecule has 3 N–H and O–H groups in total. The van der Waals surface area contributed by atoms with Gasteiger partial charge < -0.3 is 19.7 Å². The standard InChI is InChI=1S/C11H16N2O6S2/c1-20-21-5-18-9-6(4-14)19-10(8(9)16)13-3-2-7(15)12-11(13)17/h2-3,6,8-10,14,16H,4-5H2,1H3,(H,12,15,17)/t6-,8?,9+,10-/m1/s1. The molecule has 0 bridgehead atoms. The lowest BCUT2D eigenvalue weighted by molar-refractivity contribution is -0.0576. The lowest BCUT2D eigenvalue weighted by atomic mass is 10.1. The SMILES string of the molecule is CSSCO[C@@H]1C(O)[C@H](n2ccc(=O)[nH]c2=O)O[C@@H]1CO. The van der Waals surface area contributed by atoms with Gasteiger partial charge in [-0.15, -0.1) is 0 Å². The Morgan fingerprint density at radius 2 is 2.29 bits per heavy atom. The first-order valence-electron chi connectivity index (χ1n) is 6.11. The van der Waals surface area contributed by atoms with Crippen molar-refractivity contribution in [1.29, 1.82) is 0 Å². The maximum Gasteiger partial charge on any atom is 0.330 e. The van der Waals surface area contributed by atoms with E-state index in [9.17, 15) is 19.8 Å². The molecule has 2 rings (SSSR count). The van der Waals surface area contributed by atoms with E-state index in [1.807, 2.05) is 6.26 Å². The van der Waals surface area contributed by atoms with Crippen LogP contribution >= 0.6 is 21.6 Å². The minimum atomic E-state index is -1.13. The van der Waals surface area contributed by atoms with Crippen LogP contribution in [0.1, 0.15) is 6.23 Å². The quantitative estimate of drug-likeness (QED) is 0.349. The number of aliphatic hydroxyl groups excluding tert-OH is 2. The number of aliphatic hydroxyl groups is 2. The molecule has 1 aliphatic heterocycles. The van der Waals surface area contributed by atoms with E-state index in [2.05, 4.69) is 4.98 Å². The van der Waals surface area contributed by atoms with Crippen LogP contribution in [0.25, 0.3) is 0 Å². The average molecular weight is 336 g/mol. The van der Waals surface area contributed by atoms with Gasteiger partial charge in [-0.2, -0.15) is 0 Å². The second-order valence-corrected chi connectivity index (χ2v) is 6.80. The summed E-state index contributed by atoms with van der Waals surface area (Å²) in [5, 5.41) is 19.6. The number of rotatable bonds is 6. The van der Waals surface area contributed by atoms with E-state index in [4.69, 9.17) is 9.47 Å². The summed E-state index contributed by atoms with van der Waals surface area (Å²) in [5.74, 6) is 0.315. The normalized spacial score (nSPS) is 28.9. The summed E-state index contributed by atoms with van der Waals surface area (Å²) in [6, 6.07) is 1.16. The largest absolute Gasteiger partial charge is 0.394 e. The monoisotopic (exact) mass is 336 g/mol. The second-order valence-electron chi connectivity index (χ2n) is 4.29. The summed E-state index contributed by atoms with van der Waals surface area (Å²) in [4.78, 5) is 24.9. The third kappa shape index (κ3) is 3.71. The molecule has 10 heteroatoms. The first-order chi connectivity index (χ1) is 10.1. The van der Waals surface area contributed by atoms with Crippen molar-refractivity contribution >= 4 is 21.6 Å². The predicted molar refractivity (Wildman–Crippen MR) is 79.2 cm³/mol. The number of nitrogens with one attached hydrogen (secondary N) is 1. The van der Waals surface area contributed by atoms with E-state index in [0.29, 0.717) is 5.94 Å². The van der Waals surface area contributed by atoms with Crippen molar-refractivity contribution in [3.8, 4) is 0 Å². The zero-order valence-corrected chi connectivity index (χ0v) is 12.8. The molecule has 0 aliphatic carbocycles. The van der Waals surface area contributed by atoms with Gasteiger partial charge in [-0.3, -0.25) is 14.3 Å². The van der Waals surface area contributed by atoms with E-state index >= 15 is 0 Å². The Balaban J connectivity index is 2.18. The smallest absolute Gasteiger partial charge is 0.330 e. The van der Waals surface area contributed by atoms with Crippen LogP contribution in [0.3, 0.4) is 0 Å². The topological polar surface area (TPSA) is 114 Å². The summed E-state index contributed by atoms with van der Waals surface area (Å²) < 4.78 is 12.0. The molecule has 2 heterocycles. The van der Waals surface area contributed by atoms with Crippen LogP contribution in [0.5, 0.6) is 0 Å². The molecule has 4 atom stereocenters. The van der Waals surface area contributed by atoms with Crippen LogP contribution in [0, 0.1) is 0 Å². The van der Waals surface area contributed by atoms with Crippen molar-refractivity contribution in [1.82, 2.24) is 9.55 Å². The molecular weight excluding hydrogens is 320 g/mol. The summed E-state index contributed by atoms with van der Waals surface area (Å²) in [5.41, 5.74) is -1.23. The lowest BCUT2D eigenvalue weighted by Gasteiger charge is -2.19. The first kappa shape index (κ1) is 16.6. The minimum absolute atomic E-state index is 0.315. The van der Waals surface area contributed by atoms with Gasteiger partial charge in [0.2, 0.25) is 0 Å². The molecule has 118 valence electrons. The molecule has 0 saturated carbocycles. The van der Waals surface area contributed by atoms with Gasteiger partial charge in [0.05, 0.1) is 6.61 Å². The Morgan fingerprint density at radius 1 is 1.52 bits per heavy atom. The van der Waals surface area contributed by atoms with Gasteiger partial charge in [-0.05, 0) is 6.26 Å². The van der Waals surface area contributed by atoms with Crippen LogP contribution in [-0.2, 0) is 9.47 Å². The zero-order valence-electron chi connectivity index (χ0n) is 11.2. The fraction of sp³-hybridized carbons (Fsp3) is 0.636. The molecule has 1 aromatic rings. The molecule has 1 aromatic heterocycles. The molecule has 1 unspecified atom stereocenters. The number of hydrogen-bond donors (Lipinski definition) is 3. The van der Waals surface area contributed by atoms with Gasteiger partial charge in [0.25, 0.3) is 5.56 Å². The highest BCUT2D eigenvalue weighted by molar-refractivity contribution is 8.76. The van der Waals surface area contributed by atoms with Gasteiger partial charge in [0.15, 0.2) is 6.23 Å². The number of hydrogen-bond acceptors (Lipinski definition) is 8. The number of aromatic amines is 1. The highest BCUT2D eigenvalue weighted by atomic mass is 33.1. The molecule has 8 nitrogen and oxygen atoms in total. The van der Waals surface area contributed by atoms with Crippen molar-refractivity contribution in [2.45, 2.75) is 24.5 Å². The van der Waals surface area contributed by atoms with Crippen molar-refractivity contribution in [2.75, 3.05) is 18.8 Å². The molecule has 1 aliphatic rings. The number of aromatic nitrogens is 2. The van der Waals surface area contributed by atoms with Crippen molar-refractivity contribution in [2.24, 2.45) is 0 Å². The molecule has 21 heavy (non-hydrogen) atoms. The Bertz CT molecular complexity index is 576. The molecule has 1 fully saturated rings. The fourth-order valence-electron chi connectivity index (χ4n) is 2.08. The van der Waals surface area contributed by atoms with E-state index < -0.39 is 35.8 Å². The van der Waals surface area contributed by atoms with E-state index in [-0.39, 0.29) is 6.61 Å². The highest BCUT2D eigenvalue weighted by Gasteiger charge is 2.45. The molecular formula is C11H16N2O6S2. The van der Waals surface area contributed by atoms with Crippen molar-refractivity contribution in [3.63, 3.8) is 0 Å². The van der Waals surface area contributed by atoms with Crippen LogP contribution < -0.4 is 11.2 Å². The summed E-state index contributed by atoms with van der Waals surface area (Å²) >= 11 is 0. The minimum Gasteiger partial charge on any atom is -0.394 e. The van der Waals surface area contributed by atoms with Crippen LogP contribution in [0.4, 0.5) is 0 Å². The highest BCUT2D eigenvalue weighted by Crippen LogP contribution is 2.31.